The monoisotopic (exact) mass is 534 g/mol. The summed E-state index contributed by atoms with van der Waals surface area (Å²) in [6.45, 7) is 0.835. The molecule has 10 heteroatoms. The highest BCUT2D eigenvalue weighted by atomic mass is 16.5. The number of cyclic esters (lactones) is 2. The highest BCUT2D eigenvalue weighted by molar-refractivity contribution is 5.70. The number of aliphatic carboxylic acids is 2. The van der Waals surface area contributed by atoms with Crippen molar-refractivity contribution in [1.82, 2.24) is 0 Å². The number of carbonyl (C=O) groups excluding carboxylic acids is 2. The van der Waals surface area contributed by atoms with Crippen molar-refractivity contribution in [3.05, 3.63) is 0 Å². The quantitative estimate of drug-likeness (QED) is 0.242. The van der Waals surface area contributed by atoms with Crippen molar-refractivity contribution >= 4 is 23.9 Å². The number of rotatable bonds is 9. The van der Waals surface area contributed by atoms with Gasteiger partial charge in [0.2, 0.25) is 0 Å². The van der Waals surface area contributed by atoms with Crippen LogP contribution >= 0.6 is 0 Å². The Morgan fingerprint density at radius 3 is 1.19 bits per heavy atom. The van der Waals surface area contributed by atoms with Crippen LogP contribution in [0.5, 0.6) is 0 Å². The Morgan fingerprint density at radius 2 is 0.865 bits per heavy atom. The molecule has 0 aromatic carbocycles. The van der Waals surface area contributed by atoms with Gasteiger partial charge in [-0.15, -0.1) is 0 Å². The Kier molecular flexibility index (Phi) is 30.0. The van der Waals surface area contributed by atoms with E-state index in [-0.39, 0.29) is 38.0 Å². The molecule has 218 valence electrons. The minimum Gasteiger partial charge on any atom is -0.481 e. The Labute approximate surface area is 221 Å². The summed E-state index contributed by atoms with van der Waals surface area (Å²) < 4.78 is 10.3. The number of carboxylic acids is 2. The van der Waals surface area contributed by atoms with Gasteiger partial charge in [-0.3, -0.25) is 19.2 Å². The van der Waals surface area contributed by atoms with Gasteiger partial charge in [-0.1, -0.05) is 57.8 Å². The molecule has 1 aliphatic rings. The molecular formula is C27H50O10. The molecule has 37 heavy (non-hydrogen) atoms. The van der Waals surface area contributed by atoms with Gasteiger partial charge in [-0.05, 0) is 38.5 Å². The summed E-state index contributed by atoms with van der Waals surface area (Å²) in [6, 6.07) is 0. The highest BCUT2D eigenvalue weighted by Crippen LogP contribution is 2.10. The Bertz CT molecular complexity index is 517. The van der Waals surface area contributed by atoms with Gasteiger partial charge in [-0.25, -0.2) is 0 Å². The molecule has 1 rings (SSSR count). The molecule has 1 fully saturated rings. The molecule has 0 atom stereocenters. The van der Waals surface area contributed by atoms with Crippen molar-refractivity contribution < 1.29 is 49.1 Å². The van der Waals surface area contributed by atoms with Gasteiger partial charge in [0, 0.05) is 25.7 Å². The first-order valence-electron chi connectivity index (χ1n) is 13.8. The van der Waals surface area contributed by atoms with Gasteiger partial charge in [0.05, 0.1) is 26.4 Å². The van der Waals surface area contributed by atoms with Crippen molar-refractivity contribution in [3.63, 3.8) is 0 Å². The molecule has 0 spiro atoms. The van der Waals surface area contributed by atoms with Crippen LogP contribution in [-0.2, 0) is 28.7 Å². The smallest absolute Gasteiger partial charge is 0.305 e. The van der Waals surface area contributed by atoms with E-state index in [9.17, 15) is 19.2 Å². The molecule has 1 aliphatic heterocycles. The normalized spacial score (nSPS) is 16.3. The Balaban J connectivity index is 0. The summed E-state index contributed by atoms with van der Waals surface area (Å²) in [7, 11) is 0. The maximum atomic E-state index is 11.4. The number of hydrogen-bond donors (Lipinski definition) is 4. The number of aliphatic hydroxyl groups is 2. The largest absolute Gasteiger partial charge is 0.481 e. The van der Waals surface area contributed by atoms with Gasteiger partial charge < -0.3 is 29.9 Å². The van der Waals surface area contributed by atoms with Gasteiger partial charge in [-0.2, -0.15) is 0 Å². The first-order valence-corrected chi connectivity index (χ1v) is 13.8. The average Bonchev–Trinajstić information content (AvgIpc) is 2.86. The molecule has 10 nitrogen and oxygen atoms in total. The molecule has 1 heterocycles. The molecular weight excluding hydrogens is 484 g/mol. The molecule has 4 N–H and O–H groups in total. The second-order valence-corrected chi connectivity index (χ2v) is 8.98. The molecule has 0 aromatic rings. The third kappa shape index (κ3) is 36.0. The van der Waals surface area contributed by atoms with Crippen LogP contribution < -0.4 is 0 Å². The van der Waals surface area contributed by atoms with Gasteiger partial charge in [0.15, 0.2) is 0 Å². The maximum Gasteiger partial charge on any atom is 0.305 e. The average molecular weight is 535 g/mol. The number of carbonyl (C=O) groups is 4. The highest BCUT2D eigenvalue weighted by Gasteiger charge is 2.06. The molecule has 0 amide bonds. The van der Waals surface area contributed by atoms with Crippen LogP contribution in [0.3, 0.4) is 0 Å². The fourth-order valence-corrected chi connectivity index (χ4v) is 3.40. The molecule has 0 saturated carbocycles. The SMILES string of the molecule is O=C(O)CCCCCCCC(=O)O.O=C1CCCCC(=O)OCCCCCCCCCCO1.OCCO. The molecule has 0 unspecified atom stereocenters. The molecule has 0 radical (unpaired) electrons. The van der Waals surface area contributed by atoms with E-state index in [1.807, 2.05) is 0 Å². The number of hydrogen-bond acceptors (Lipinski definition) is 8. The standard InChI is InChI=1S/C16H28O4.C9H16O4.C2H6O2/c17-15-11-7-8-12-16(18)20-14-10-6-4-2-1-3-5-9-13-19-15;10-8(11)6-4-2-1-3-5-7-9(12)13;3-1-2-4/h1-14H2;1-7H2,(H,10,11)(H,12,13);3-4H,1-2H2. The van der Waals surface area contributed by atoms with Gasteiger partial charge in [0.1, 0.15) is 0 Å². The fraction of sp³-hybridized carbons (Fsp3) is 0.852. The predicted octanol–water partition coefficient (Wildman–Crippen LogP) is 4.62. The van der Waals surface area contributed by atoms with E-state index < -0.39 is 11.9 Å². The van der Waals surface area contributed by atoms with Crippen molar-refractivity contribution in [2.45, 2.75) is 122 Å². The van der Waals surface area contributed by atoms with E-state index in [1.54, 1.807) is 0 Å². The maximum absolute atomic E-state index is 11.4. The number of esters is 2. The lowest BCUT2D eigenvalue weighted by atomic mass is 10.1. The van der Waals surface area contributed by atoms with E-state index in [0.717, 1.165) is 44.9 Å². The number of carboxylic acid groups (broad SMARTS) is 2. The van der Waals surface area contributed by atoms with E-state index in [0.29, 0.717) is 51.7 Å². The Morgan fingerprint density at radius 1 is 0.541 bits per heavy atom. The molecule has 0 bridgehead atoms. The van der Waals surface area contributed by atoms with Crippen LogP contribution in [0.15, 0.2) is 0 Å². The third-order valence-corrected chi connectivity index (χ3v) is 5.46. The van der Waals surface area contributed by atoms with Crippen molar-refractivity contribution in [1.29, 1.82) is 0 Å². The van der Waals surface area contributed by atoms with Gasteiger partial charge in [0.25, 0.3) is 0 Å². The minimum atomic E-state index is -0.759. The summed E-state index contributed by atoms with van der Waals surface area (Å²) in [6.07, 6.45) is 15.9. The number of ether oxygens (including phenoxy) is 2. The zero-order valence-electron chi connectivity index (χ0n) is 22.5. The fourth-order valence-electron chi connectivity index (χ4n) is 3.40. The van der Waals surface area contributed by atoms with Crippen LogP contribution in [0.25, 0.3) is 0 Å². The summed E-state index contributed by atoms with van der Waals surface area (Å²) in [5.41, 5.74) is 0. The third-order valence-electron chi connectivity index (χ3n) is 5.46. The first kappa shape index (κ1) is 37.0. The lowest BCUT2D eigenvalue weighted by molar-refractivity contribution is -0.146. The van der Waals surface area contributed by atoms with E-state index in [1.165, 1.54) is 25.7 Å². The zero-order chi connectivity index (χ0) is 28.0. The molecule has 0 aliphatic carbocycles. The van der Waals surface area contributed by atoms with Gasteiger partial charge >= 0.3 is 23.9 Å². The second-order valence-electron chi connectivity index (χ2n) is 8.98. The zero-order valence-corrected chi connectivity index (χ0v) is 22.5. The van der Waals surface area contributed by atoms with Crippen LogP contribution in [-0.4, -0.2) is 70.7 Å². The van der Waals surface area contributed by atoms with E-state index in [2.05, 4.69) is 0 Å². The summed E-state index contributed by atoms with van der Waals surface area (Å²) >= 11 is 0. The topological polar surface area (TPSA) is 168 Å². The summed E-state index contributed by atoms with van der Waals surface area (Å²) in [5.74, 6) is -1.80. The minimum absolute atomic E-state index is 0.125. The van der Waals surface area contributed by atoms with Crippen LogP contribution in [0.2, 0.25) is 0 Å². The lowest BCUT2D eigenvalue weighted by Gasteiger charge is -2.07. The van der Waals surface area contributed by atoms with Crippen LogP contribution in [0.4, 0.5) is 0 Å². The lowest BCUT2D eigenvalue weighted by Crippen LogP contribution is -2.08. The van der Waals surface area contributed by atoms with E-state index >= 15 is 0 Å². The van der Waals surface area contributed by atoms with Crippen molar-refractivity contribution in [3.8, 4) is 0 Å². The summed E-state index contributed by atoms with van der Waals surface area (Å²) in [4.78, 5) is 43.0. The second kappa shape index (κ2) is 30.0. The van der Waals surface area contributed by atoms with Crippen molar-refractivity contribution in [2.75, 3.05) is 26.4 Å². The number of aliphatic hydroxyl groups excluding tert-OH is 2. The predicted molar refractivity (Wildman–Crippen MR) is 139 cm³/mol. The Hall–Kier alpha value is -2.20. The van der Waals surface area contributed by atoms with Crippen LogP contribution in [0.1, 0.15) is 122 Å². The summed E-state index contributed by atoms with van der Waals surface area (Å²) in [5, 5.41) is 31.9. The molecule has 1 saturated heterocycles. The van der Waals surface area contributed by atoms with Crippen LogP contribution in [0, 0.1) is 0 Å². The van der Waals surface area contributed by atoms with E-state index in [4.69, 9.17) is 29.9 Å². The molecule has 0 aromatic heterocycles. The first-order chi connectivity index (χ1) is 17.8. The van der Waals surface area contributed by atoms with Crippen molar-refractivity contribution in [2.24, 2.45) is 0 Å². The number of unbranched alkanes of at least 4 members (excludes halogenated alkanes) is 4.